The summed E-state index contributed by atoms with van der Waals surface area (Å²) in [6.45, 7) is 5.56. The first kappa shape index (κ1) is 14.6. The van der Waals surface area contributed by atoms with Crippen molar-refractivity contribution in [3.8, 4) is 0 Å². The number of nitrogens with zero attached hydrogens (tertiary/aromatic N) is 2. The third-order valence-electron chi connectivity index (χ3n) is 2.99. The van der Waals surface area contributed by atoms with Gasteiger partial charge in [-0.2, -0.15) is 0 Å². The van der Waals surface area contributed by atoms with Gasteiger partial charge in [0.25, 0.3) is 0 Å². The quantitative estimate of drug-likeness (QED) is 0.724. The highest BCUT2D eigenvalue weighted by Crippen LogP contribution is 2.15. The average molecular weight is 250 g/mol. The van der Waals surface area contributed by atoms with Crippen LogP contribution in [0.2, 0.25) is 0 Å². The Hall–Kier alpha value is -1.42. The number of ether oxygens (including phenoxy) is 1. The highest BCUT2D eigenvalue weighted by Gasteiger charge is 2.24. The van der Waals surface area contributed by atoms with Crippen molar-refractivity contribution in [2.24, 2.45) is 11.8 Å². The maximum atomic E-state index is 11.7. The molecule has 1 rings (SSSR count). The fourth-order valence-corrected chi connectivity index (χ4v) is 1.91. The number of aromatic nitrogens is 1. The van der Waals surface area contributed by atoms with Crippen LogP contribution in [0.1, 0.15) is 19.4 Å². The highest BCUT2D eigenvalue weighted by atomic mass is 16.5. The molecule has 4 nitrogen and oxygen atoms in total. The Morgan fingerprint density at radius 3 is 2.72 bits per heavy atom. The number of hydrogen-bond acceptors (Lipinski definition) is 4. The molecule has 4 heteroatoms. The zero-order valence-electron chi connectivity index (χ0n) is 11.6. The lowest BCUT2D eigenvalue weighted by atomic mass is 9.95. The molecule has 0 aliphatic rings. The Labute approximate surface area is 109 Å². The van der Waals surface area contributed by atoms with Gasteiger partial charge < -0.3 is 9.64 Å². The van der Waals surface area contributed by atoms with Crippen molar-refractivity contribution >= 4 is 5.97 Å². The van der Waals surface area contributed by atoms with Gasteiger partial charge in [-0.3, -0.25) is 9.78 Å². The number of carbonyl (C=O) groups is 1. The van der Waals surface area contributed by atoms with Crippen LogP contribution >= 0.6 is 0 Å². The van der Waals surface area contributed by atoms with Crippen molar-refractivity contribution in [2.45, 2.75) is 20.4 Å². The van der Waals surface area contributed by atoms with Gasteiger partial charge in [-0.1, -0.05) is 19.9 Å². The lowest BCUT2D eigenvalue weighted by molar-refractivity contribution is -0.147. The zero-order valence-corrected chi connectivity index (χ0v) is 11.6. The van der Waals surface area contributed by atoms with Gasteiger partial charge in [0, 0.05) is 25.5 Å². The molecule has 0 saturated heterocycles. The van der Waals surface area contributed by atoms with E-state index in [4.69, 9.17) is 4.74 Å². The van der Waals surface area contributed by atoms with Gasteiger partial charge in [-0.25, -0.2) is 0 Å². The topological polar surface area (TPSA) is 42.4 Å². The predicted molar refractivity (Wildman–Crippen MR) is 70.9 cm³/mol. The lowest BCUT2D eigenvalue weighted by Crippen LogP contribution is -2.34. The molecule has 1 unspecified atom stereocenters. The summed E-state index contributed by atoms with van der Waals surface area (Å²) in [6.07, 6.45) is 3.61. The third kappa shape index (κ3) is 4.45. The Bertz CT molecular complexity index is 365. The van der Waals surface area contributed by atoms with Crippen LogP contribution in [0.15, 0.2) is 24.5 Å². The van der Waals surface area contributed by atoms with Crippen molar-refractivity contribution in [1.82, 2.24) is 9.88 Å². The summed E-state index contributed by atoms with van der Waals surface area (Å²) in [7, 11) is 3.45. The Morgan fingerprint density at radius 1 is 1.50 bits per heavy atom. The minimum absolute atomic E-state index is 0.0864. The van der Waals surface area contributed by atoms with Crippen LogP contribution in [0, 0.1) is 11.8 Å². The second kappa shape index (κ2) is 7.11. The summed E-state index contributed by atoms with van der Waals surface area (Å²) < 4.78 is 4.85. The van der Waals surface area contributed by atoms with Crippen LogP contribution in [0.3, 0.4) is 0 Å². The molecule has 0 bridgehead atoms. The number of methoxy groups -OCH3 is 1. The van der Waals surface area contributed by atoms with Crippen molar-refractivity contribution < 1.29 is 9.53 Å². The van der Waals surface area contributed by atoms with E-state index in [-0.39, 0.29) is 17.8 Å². The van der Waals surface area contributed by atoms with E-state index in [1.165, 1.54) is 7.11 Å². The molecule has 0 aliphatic heterocycles. The van der Waals surface area contributed by atoms with Crippen molar-refractivity contribution in [2.75, 3.05) is 20.7 Å². The second-order valence-electron chi connectivity index (χ2n) is 4.93. The second-order valence-corrected chi connectivity index (χ2v) is 4.93. The molecule has 0 aliphatic carbocycles. The van der Waals surface area contributed by atoms with Crippen LogP contribution in [0.25, 0.3) is 0 Å². The highest BCUT2D eigenvalue weighted by molar-refractivity contribution is 5.72. The summed E-state index contributed by atoms with van der Waals surface area (Å²) in [5.74, 6) is 0.0495. The smallest absolute Gasteiger partial charge is 0.310 e. The summed E-state index contributed by atoms with van der Waals surface area (Å²) in [5, 5.41) is 0. The summed E-state index contributed by atoms with van der Waals surface area (Å²) >= 11 is 0. The molecule has 0 N–H and O–H groups in total. The average Bonchev–Trinajstić information content (AvgIpc) is 2.36. The Morgan fingerprint density at radius 2 is 2.22 bits per heavy atom. The monoisotopic (exact) mass is 250 g/mol. The standard InChI is InChI=1S/C14H22N2O2/c1-11(2)13(14(17)18-4)10-16(3)9-12-6-5-7-15-8-12/h5-8,11,13H,9-10H2,1-4H3. The number of pyridine rings is 1. The van der Waals surface area contributed by atoms with Crippen molar-refractivity contribution in [3.63, 3.8) is 0 Å². The molecular weight excluding hydrogens is 228 g/mol. The first-order chi connectivity index (χ1) is 8.54. The molecule has 0 radical (unpaired) electrons. The third-order valence-corrected chi connectivity index (χ3v) is 2.99. The van der Waals surface area contributed by atoms with Gasteiger partial charge in [0.15, 0.2) is 0 Å². The maximum Gasteiger partial charge on any atom is 0.310 e. The van der Waals surface area contributed by atoms with Gasteiger partial charge in [0.2, 0.25) is 0 Å². The number of carbonyl (C=O) groups excluding carboxylic acids is 1. The molecule has 0 aromatic carbocycles. The predicted octanol–water partition coefficient (Wildman–Crippen LogP) is 1.96. The molecule has 18 heavy (non-hydrogen) atoms. The number of esters is 1. The Kier molecular flexibility index (Phi) is 5.78. The fourth-order valence-electron chi connectivity index (χ4n) is 1.91. The van der Waals surface area contributed by atoms with Crippen molar-refractivity contribution in [1.29, 1.82) is 0 Å². The minimum atomic E-state index is -0.136. The van der Waals surface area contributed by atoms with Gasteiger partial charge in [0.05, 0.1) is 13.0 Å². The largest absolute Gasteiger partial charge is 0.469 e. The van der Waals surface area contributed by atoms with E-state index in [9.17, 15) is 4.79 Å². The van der Waals surface area contributed by atoms with Gasteiger partial charge >= 0.3 is 5.97 Å². The van der Waals surface area contributed by atoms with E-state index >= 15 is 0 Å². The van der Waals surface area contributed by atoms with Gasteiger partial charge in [-0.05, 0) is 24.6 Å². The molecule has 1 atom stereocenters. The number of hydrogen-bond donors (Lipinski definition) is 0. The van der Waals surface area contributed by atoms with E-state index in [0.29, 0.717) is 6.54 Å². The van der Waals surface area contributed by atoms with Gasteiger partial charge in [-0.15, -0.1) is 0 Å². The van der Waals surface area contributed by atoms with Crippen LogP contribution in [0.5, 0.6) is 0 Å². The zero-order chi connectivity index (χ0) is 13.5. The normalized spacial score (nSPS) is 12.8. The van der Waals surface area contributed by atoms with Crippen LogP contribution in [-0.4, -0.2) is 36.6 Å². The van der Waals surface area contributed by atoms with E-state index in [0.717, 1.165) is 12.1 Å². The van der Waals surface area contributed by atoms with E-state index < -0.39 is 0 Å². The summed E-state index contributed by atoms with van der Waals surface area (Å²) in [4.78, 5) is 17.9. The molecule has 0 spiro atoms. The SMILES string of the molecule is COC(=O)C(CN(C)Cc1cccnc1)C(C)C. The maximum absolute atomic E-state index is 11.7. The first-order valence-corrected chi connectivity index (χ1v) is 6.20. The summed E-state index contributed by atoms with van der Waals surface area (Å²) in [6, 6.07) is 3.95. The fraction of sp³-hybridized carbons (Fsp3) is 0.571. The number of rotatable bonds is 6. The molecule has 0 saturated carbocycles. The van der Waals surface area contributed by atoms with Crippen LogP contribution < -0.4 is 0 Å². The molecule has 1 heterocycles. The van der Waals surface area contributed by atoms with Crippen LogP contribution in [-0.2, 0) is 16.1 Å². The van der Waals surface area contributed by atoms with Crippen LogP contribution in [0.4, 0.5) is 0 Å². The first-order valence-electron chi connectivity index (χ1n) is 6.20. The molecule has 0 amide bonds. The van der Waals surface area contributed by atoms with Gasteiger partial charge in [0.1, 0.15) is 0 Å². The molecular formula is C14H22N2O2. The van der Waals surface area contributed by atoms with Crippen molar-refractivity contribution in [3.05, 3.63) is 30.1 Å². The molecule has 1 aromatic heterocycles. The van der Waals surface area contributed by atoms with E-state index in [2.05, 4.69) is 9.88 Å². The minimum Gasteiger partial charge on any atom is -0.469 e. The molecule has 100 valence electrons. The summed E-state index contributed by atoms with van der Waals surface area (Å²) in [5.41, 5.74) is 1.15. The van der Waals surface area contributed by atoms with E-state index in [1.54, 1.807) is 6.20 Å². The van der Waals surface area contributed by atoms with E-state index in [1.807, 2.05) is 39.2 Å². The molecule has 1 aromatic rings. The molecule has 0 fully saturated rings. The lowest BCUT2D eigenvalue weighted by Gasteiger charge is -2.24. The Balaban J connectivity index is 2.56.